The van der Waals surface area contributed by atoms with Crippen LogP contribution in [0.2, 0.25) is 0 Å². The van der Waals surface area contributed by atoms with E-state index in [-0.39, 0.29) is 6.09 Å². The minimum atomic E-state index is -0.438. The highest BCUT2D eigenvalue weighted by Crippen LogP contribution is 2.06. The quantitative estimate of drug-likeness (QED) is 0.348. The Hall–Kier alpha value is -0.470. The summed E-state index contributed by atoms with van der Waals surface area (Å²) in [6.07, 6.45) is 1.20. The van der Waals surface area contributed by atoms with Crippen LogP contribution < -0.4 is 5.32 Å². The van der Waals surface area contributed by atoms with Crippen LogP contribution in [-0.2, 0) is 4.74 Å². The van der Waals surface area contributed by atoms with Gasteiger partial charge in [-0.1, -0.05) is 17.6 Å². The molecule has 1 amide bonds. The molecule has 0 aromatic rings. The fourth-order valence-electron chi connectivity index (χ4n) is 0.765. The molecule has 0 heterocycles. The van der Waals surface area contributed by atoms with E-state index in [1.807, 2.05) is 20.8 Å². The van der Waals surface area contributed by atoms with Gasteiger partial charge in [0.1, 0.15) is 5.60 Å². The van der Waals surface area contributed by atoms with Gasteiger partial charge in [-0.15, -0.1) is 0 Å². The maximum atomic E-state index is 11.2. The molecule has 0 fully saturated rings. The summed E-state index contributed by atoms with van der Waals surface area (Å²) >= 11 is 3.88. The first-order chi connectivity index (χ1) is 6.95. The molecule has 0 bridgehead atoms. The number of hydrogen-bond acceptors (Lipinski definition) is 4. The second-order valence-corrected chi connectivity index (χ2v) is 4.84. The van der Waals surface area contributed by atoms with Crippen molar-refractivity contribution in [2.45, 2.75) is 39.2 Å². The molecule has 0 aliphatic carbocycles. The molecule has 0 atom stereocenters. The number of nitrogens with one attached hydrogen (secondary N) is 1. The van der Waals surface area contributed by atoms with Crippen LogP contribution in [0.1, 0.15) is 33.6 Å². The van der Waals surface area contributed by atoms with Crippen molar-refractivity contribution in [2.24, 2.45) is 0 Å². The molecule has 0 aromatic carbocycles. The molecule has 0 aliphatic heterocycles. The van der Waals surface area contributed by atoms with E-state index >= 15 is 0 Å². The third-order valence-corrected chi connectivity index (χ3v) is 1.77. The molecule has 0 rings (SSSR count). The largest absolute Gasteiger partial charge is 0.444 e. The van der Waals surface area contributed by atoms with Gasteiger partial charge in [0.2, 0.25) is 0 Å². The number of thiol groups is 1. The van der Waals surface area contributed by atoms with Gasteiger partial charge in [-0.3, -0.25) is 0 Å². The first-order valence-electron chi connectivity index (χ1n) is 4.71. The Morgan fingerprint density at radius 1 is 1.53 bits per heavy atom. The van der Waals surface area contributed by atoms with Gasteiger partial charge in [0, 0.05) is 13.0 Å². The van der Waals surface area contributed by atoms with Gasteiger partial charge in [-0.25, -0.2) is 4.79 Å². The molecule has 1 N–H and O–H groups in total. The molecular weight excluding hydrogens is 230 g/mol. The van der Waals surface area contributed by atoms with Crippen molar-refractivity contribution in [1.29, 1.82) is 0 Å². The molecule has 15 heavy (non-hydrogen) atoms. The van der Waals surface area contributed by atoms with Crippen LogP contribution >= 0.6 is 22.5 Å². The Kier molecular flexibility index (Phi) is 7.53. The summed E-state index contributed by atoms with van der Waals surface area (Å²) in [6, 6.07) is 0. The van der Waals surface area contributed by atoms with Gasteiger partial charge < -0.3 is 10.1 Å². The van der Waals surface area contributed by atoms with E-state index in [2.05, 4.69) is 28.2 Å². The second kappa shape index (κ2) is 7.77. The fourth-order valence-corrected chi connectivity index (χ4v) is 1.12. The summed E-state index contributed by atoms with van der Waals surface area (Å²) in [6.45, 7) is 6.09. The number of carbonyl (C=O) groups is 1. The number of hydrogen-bond donors (Lipinski definition) is 2. The zero-order chi connectivity index (χ0) is 11.7. The minimum absolute atomic E-state index is 0.376. The predicted octanol–water partition coefficient (Wildman–Crippen LogP) is 2.83. The molecule has 0 radical (unpaired) electrons. The van der Waals surface area contributed by atoms with Gasteiger partial charge in [0.15, 0.2) is 0 Å². The van der Waals surface area contributed by atoms with Crippen LogP contribution in [0.25, 0.3) is 0 Å². The van der Waals surface area contributed by atoms with Crippen molar-refractivity contribution in [2.75, 3.05) is 6.54 Å². The van der Waals surface area contributed by atoms with Crippen LogP contribution in [0.15, 0.2) is 0 Å². The third-order valence-electron chi connectivity index (χ3n) is 1.26. The van der Waals surface area contributed by atoms with Gasteiger partial charge in [0.25, 0.3) is 0 Å². The van der Waals surface area contributed by atoms with Crippen molar-refractivity contribution < 1.29 is 9.53 Å². The summed E-state index contributed by atoms with van der Waals surface area (Å²) in [5.74, 6) is 2.90. The number of ether oxygens (including phenoxy) is 1. The topological polar surface area (TPSA) is 38.3 Å². The van der Waals surface area contributed by atoms with E-state index in [4.69, 9.17) is 4.74 Å². The Morgan fingerprint density at radius 2 is 2.20 bits per heavy atom. The number of amides is 1. The summed E-state index contributed by atoms with van der Waals surface area (Å²) in [5, 5.41) is 5.42. The average molecular weight is 247 g/mol. The van der Waals surface area contributed by atoms with E-state index in [9.17, 15) is 4.79 Å². The second-order valence-electron chi connectivity index (χ2n) is 3.90. The first-order valence-corrected chi connectivity index (χ1v) is 6.58. The highest BCUT2D eigenvalue weighted by molar-refractivity contribution is 8.70. The zero-order valence-electron chi connectivity index (χ0n) is 9.29. The van der Waals surface area contributed by atoms with E-state index in [1.54, 1.807) is 0 Å². The number of carbonyl (C=O) groups excluding carboxylic acids is 1. The molecule has 0 saturated heterocycles. The van der Waals surface area contributed by atoms with Crippen LogP contribution in [0.4, 0.5) is 4.79 Å². The normalized spacial score (nSPS) is 10.1. The molecule has 0 saturated carbocycles. The molecule has 3 nitrogen and oxygen atoms in total. The lowest BCUT2D eigenvalue weighted by Gasteiger charge is -2.19. The monoisotopic (exact) mass is 247 g/mol. The lowest BCUT2D eigenvalue weighted by molar-refractivity contribution is 0.0527. The highest BCUT2D eigenvalue weighted by Gasteiger charge is 2.15. The summed E-state index contributed by atoms with van der Waals surface area (Å²) in [5.41, 5.74) is -0.438. The van der Waals surface area contributed by atoms with Gasteiger partial charge in [0.05, 0.1) is 0 Å². The van der Waals surface area contributed by atoms with Crippen LogP contribution in [0, 0.1) is 11.2 Å². The highest BCUT2D eigenvalue weighted by atomic mass is 33.1. The number of rotatable bonds is 3. The van der Waals surface area contributed by atoms with E-state index in [0.29, 0.717) is 6.54 Å². The number of unbranched alkanes of at least 4 members (excludes halogenated alkanes) is 1. The average Bonchev–Trinajstić information content (AvgIpc) is 2.08. The molecule has 0 spiro atoms. The third kappa shape index (κ3) is 11.5. The summed E-state index contributed by atoms with van der Waals surface area (Å²) in [4.78, 5) is 11.2. The lowest BCUT2D eigenvalue weighted by Crippen LogP contribution is -2.32. The van der Waals surface area contributed by atoms with Crippen molar-refractivity contribution in [1.82, 2.24) is 5.32 Å². The van der Waals surface area contributed by atoms with Crippen LogP contribution in [0.3, 0.4) is 0 Å². The predicted molar refractivity (Wildman–Crippen MR) is 67.8 cm³/mol. The Balaban J connectivity index is 3.48. The summed E-state index contributed by atoms with van der Waals surface area (Å²) in [7, 11) is 1.20. The molecule has 86 valence electrons. The van der Waals surface area contributed by atoms with Crippen LogP contribution in [0.5, 0.6) is 0 Å². The molecule has 5 heteroatoms. The van der Waals surface area contributed by atoms with Crippen molar-refractivity contribution in [3.05, 3.63) is 0 Å². The van der Waals surface area contributed by atoms with Crippen LogP contribution in [-0.4, -0.2) is 18.2 Å². The van der Waals surface area contributed by atoms with E-state index in [0.717, 1.165) is 12.8 Å². The molecule has 0 aliphatic rings. The van der Waals surface area contributed by atoms with Gasteiger partial charge in [-0.2, -0.15) is 0 Å². The standard InChI is InChI=1S/C10H17NO2S2/c1-10(2,3)13-9(12)11-7-5-4-6-8-15-14/h14H,4-5,7H2,1-3H3,(H,11,12). The first kappa shape index (κ1) is 14.5. The Bertz CT molecular complexity index is 250. The van der Waals surface area contributed by atoms with Gasteiger partial charge in [-0.05, 0) is 43.2 Å². The lowest BCUT2D eigenvalue weighted by atomic mass is 10.2. The van der Waals surface area contributed by atoms with Gasteiger partial charge >= 0.3 is 6.09 Å². The van der Waals surface area contributed by atoms with Crippen molar-refractivity contribution >= 4 is 28.5 Å². The van der Waals surface area contributed by atoms with Crippen molar-refractivity contribution in [3.8, 4) is 11.2 Å². The maximum Gasteiger partial charge on any atom is 0.407 e. The van der Waals surface area contributed by atoms with E-state index in [1.165, 1.54) is 10.8 Å². The smallest absolute Gasteiger partial charge is 0.407 e. The number of alkyl carbamates (subject to hydrolysis) is 1. The zero-order valence-corrected chi connectivity index (χ0v) is 11.0. The van der Waals surface area contributed by atoms with E-state index < -0.39 is 5.60 Å². The Labute approximate surface area is 101 Å². The van der Waals surface area contributed by atoms with Crippen molar-refractivity contribution in [3.63, 3.8) is 0 Å². The fraction of sp³-hybridized carbons (Fsp3) is 0.700. The molecular formula is C10H17NO2S2. The Morgan fingerprint density at radius 3 is 2.73 bits per heavy atom. The summed E-state index contributed by atoms with van der Waals surface area (Å²) < 4.78 is 5.06. The minimum Gasteiger partial charge on any atom is -0.444 e. The molecule has 0 aromatic heterocycles. The maximum absolute atomic E-state index is 11.2. The molecule has 0 unspecified atom stereocenters. The SMILES string of the molecule is CC(C)(C)OC(=O)NCCCC#CSS.